The first-order valence-electron chi connectivity index (χ1n) is 5.48. The molecule has 4 heteroatoms. The number of rotatable bonds is 7. The van der Waals surface area contributed by atoms with Gasteiger partial charge in [0, 0.05) is 18.0 Å². The van der Waals surface area contributed by atoms with Crippen LogP contribution in [0.15, 0.2) is 35.2 Å². The van der Waals surface area contributed by atoms with Gasteiger partial charge in [0.15, 0.2) is 0 Å². The van der Waals surface area contributed by atoms with Crippen molar-refractivity contribution in [2.75, 3.05) is 25.4 Å². The third-order valence-electron chi connectivity index (χ3n) is 1.99. The molecule has 0 fully saturated rings. The number of amides is 1. The zero-order valence-corrected chi connectivity index (χ0v) is 10.3. The molecule has 3 nitrogen and oxygen atoms in total. The quantitative estimate of drug-likeness (QED) is 0.559. The molecule has 1 aromatic rings. The Balaban J connectivity index is 2.11. The maximum Gasteiger partial charge on any atom is 0.230 e. The van der Waals surface area contributed by atoms with Crippen LogP contribution in [0.2, 0.25) is 0 Å². The van der Waals surface area contributed by atoms with Crippen LogP contribution < -0.4 is 10.6 Å². The van der Waals surface area contributed by atoms with Crippen LogP contribution in [0.4, 0.5) is 0 Å². The van der Waals surface area contributed by atoms with Gasteiger partial charge < -0.3 is 10.6 Å². The highest BCUT2D eigenvalue weighted by atomic mass is 32.2. The molecule has 16 heavy (non-hydrogen) atoms. The fourth-order valence-electron chi connectivity index (χ4n) is 1.18. The minimum absolute atomic E-state index is 0.0896. The Kier molecular flexibility index (Phi) is 6.69. The molecule has 0 aliphatic rings. The molecule has 1 aromatic carbocycles. The van der Waals surface area contributed by atoms with E-state index >= 15 is 0 Å². The summed E-state index contributed by atoms with van der Waals surface area (Å²) in [6.45, 7) is 4.52. The van der Waals surface area contributed by atoms with Gasteiger partial charge in [-0.2, -0.15) is 0 Å². The maximum absolute atomic E-state index is 11.4. The molecular formula is C12H18N2OS. The summed E-state index contributed by atoms with van der Waals surface area (Å²) >= 11 is 1.56. The van der Waals surface area contributed by atoms with E-state index in [1.54, 1.807) is 11.8 Å². The van der Waals surface area contributed by atoms with Crippen LogP contribution in [0.1, 0.15) is 6.92 Å². The topological polar surface area (TPSA) is 41.1 Å². The van der Waals surface area contributed by atoms with E-state index < -0.39 is 0 Å². The number of hydrogen-bond donors (Lipinski definition) is 2. The molecule has 1 amide bonds. The summed E-state index contributed by atoms with van der Waals surface area (Å²) in [5.74, 6) is 0.572. The standard InChI is InChI=1S/C12H18N2OS/c1-2-13-8-9-14-12(15)10-16-11-6-4-3-5-7-11/h3-7,13H,2,8-10H2,1H3,(H,14,15). The molecular weight excluding hydrogens is 220 g/mol. The second-order valence-electron chi connectivity index (χ2n) is 3.31. The van der Waals surface area contributed by atoms with Gasteiger partial charge >= 0.3 is 0 Å². The van der Waals surface area contributed by atoms with E-state index in [0.717, 1.165) is 18.0 Å². The lowest BCUT2D eigenvalue weighted by Gasteiger charge is -2.05. The highest BCUT2D eigenvalue weighted by molar-refractivity contribution is 8.00. The van der Waals surface area contributed by atoms with Crippen molar-refractivity contribution in [2.24, 2.45) is 0 Å². The van der Waals surface area contributed by atoms with Crippen molar-refractivity contribution in [3.8, 4) is 0 Å². The van der Waals surface area contributed by atoms with E-state index in [1.165, 1.54) is 0 Å². The second-order valence-corrected chi connectivity index (χ2v) is 4.35. The van der Waals surface area contributed by atoms with Crippen molar-refractivity contribution >= 4 is 17.7 Å². The number of thioether (sulfide) groups is 1. The van der Waals surface area contributed by atoms with Crippen molar-refractivity contribution in [3.05, 3.63) is 30.3 Å². The van der Waals surface area contributed by atoms with Crippen LogP contribution >= 0.6 is 11.8 Å². The zero-order chi connectivity index (χ0) is 11.6. The first-order chi connectivity index (χ1) is 7.83. The Bertz CT molecular complexity index is 303. The molecule has 0 heterocycles. The predicted molar refractivity (Wildman–Crippen MR) is 68.7 cm³/mol. The number of nitrogens with one attached hydrogen (secondary N) is 2. The molecule has 0 bridgehead atoms. The monoisotopic (exact) mass is 238 g/mol. The number of carbonyl (C=O) groups is 1. The Labute approximate surface area is 101 Å². The van der Waals surface area contributed by atoms with Gasteiger partial charge in [-0.1, -0.05) is 25.1 Å². The van der Waals surface area contributed by atoms with E-state index in [2.05, 4.69) is 10.6 Å². The summed E-state index contributed by atoms with van der Waals surface area (Å²) in [4.78, 5) is 12.5. The Morgan fingerprint density at radius 1 is 1.25 bits per heavy atom. The van der Waals surface area contributed by atoms with Crippen molar-refractivity contribution in [2.45, 2.75) is 11.8 Å². The van der Waals surface area contributed by atoms with Gasteiger partial charge in [0.25, 0.3) is 0 Å². The number of carbonyl (C=O) groups excluding carboxylic acids is 1. The van der Waals surface area contributed by atoms with E-state index in [9.17, 15) is 4.79 Å². The third kappa shape index (κ3) is 5.78. The molecule has 0 saturated carbocycles. The van der Waals surface area contributed by atoms with Crippen LogP contribution in [0.25, 0.3) is 0 Å². The molecule has 0 saturated heterocycles. The molecule has 2 N–H and O–H groups in total. The second kappa shape index (κ2) is 8.19. The molecule has 0 spiro atoms. The molecule has 0 aliphatic heterocycles. The first kappa shape index (κ1) is 13.1. The van der Waals surface area contributed by atoms with Crippen LogP contribution in [0.5, 0.6) is 0 Å². The summed E-state index contributed by atoms with van der Waals surface area (Å²) in [5.41, 5.74) is 0. The summed E-state index contributed by atoms with van der Waals surface area (Å²) < 4.78 is 0. The number of hydrogen-bond acceptors (Lipinski definition) is 3. The first-order valence-corrected chi connectivity index (χ1v) is 6.46. The highest BCUT2D eigenvalue weighted by Gasteiger charge is 2.01. The third-order valence-corrected chi connectivity index (χ3v) is 3.00. The molecule has 1 rings (SSSR count). The van der Waals surface area contributed by atoms with E-state index in [0.29, 0.717) is 12.3 Å². The SMILES string of the molecule is CCNCCNC(=O)CSc1ccccc1. The molecule has 0 radical (unpaired) electrons. The van der Waals surface area contributed by atoms with Gasteiger partial charge in [0.05, 0.1) is 5.75 Å². The summed E-state index contributed by atoms with van der Waals surface area (Å²) in [6, 6.07) is 9.95. The lowest BCUT2D eigenvalue weighted by Crippen LogP contribution is -2.32. The molecule has 0 aliphatic carbocycles. The Hall–Kier alpha value is -1.00. The summed E-state index contributed by atoms with van der Waals surface area (Å²) in [5, 5.41) is 6.02. The van der Waals surface area contributed by atoms with Gasteiger partial charge in [-0.3, -0.25) is 4.79 Å². The van der Waals surface area contributed by atoms with Crippen molar-refractivity contribution < 1.29 is 4.79 Å². The minimum Gasteiger partial charge on any atom is -0.354 e. The molecule has 0 unspecified atom stereocenters. The van der Waals surface area contributed by atoms with Gasteiger partial charge in [-0.25, -0.2) is 0 Å². The summed E-state index contributed by atoms with van der Waals surface area (Å²) in [6.07, 6.45) is 0. The van der Waals surface area contributed by atoms with E-state index in [-0.39, 0.29) is 5.91 Å². The fourth-order valence-corrected chi connectivity index (χ4v) is 1.93. The van der Waals surface area contributed by atoms with Crippen molar-refractivity contribution in [1.82, 2.24) is 10.6 Å². The normalized spacial score (nSPS) is 10.1. The molecule has 0 aromatic heterocycles. The lowest BCUT2D eigenvalue weighted by atomic mass is 10.4. The van der Waals surface area contributed by atoms with Crippen molar-refractivity contribution in [3.63, 3.8) is 0 Å². The van der Waals surface area contributed by atoms with E-state index in [4.69, 9.17) is 0 Å². The van der Waals surface area contributed by atoms with Crippen LogP contribution in [-0.4, -0.2) is 31.3 Å². The number of benzene rings is 1. The van der Waals surface area contributed by atoms with Crippen molar-refractivity contribution in [1.29, 1.82) is 0 Å². The van der Waals surface area contributed by atoms with Crippen LogP contribution in [0, 0.1) is 0 Å². The Morgan fingerprint density at radius 2 is 2.00 bits per heavy atom. The predicted octanol–water partition coefficient (Wildman–Crippen LogP) is 1.50. The zero-order valence-electron chi connectivity index (χ0n) is 9.53. The summed E-state index contributed by atoms with van der Waals surface area (Å²) in [7, 11) is 0. The average Bonchev–Trinajstić information content (AvgIpc) is 2.33. The average molecular weight is 238 g/mol. The Morgan fingerprint density at radius 3 is 2.69 bits per heavy atom. The van der Waals surface area contributed by atoms with Gasteiger partial charge in [0.2, 0.25) is 5.91 Å². The highest BCUT2D eigenvalue weighted by Crippen LogP contribution is 2.15. The lowest BCUT2D eigenvalue weighted by molar-refractivity contribution is -0.118. The molecule has 88 valence electrons. The molecule has 0 atom stereocenters. The van der Waals surface area contributed by atoms with Gasteiger partial charge in [0.1, 0.15) is 0 Å². The van der Waals surface area contributed by atoms with Gasteiger partial charge in [-0.05, 0) is 18.7 Å². The fraction of sp³-hybridized carbons (Fsp3) is 0.417. The van der Waals surface area contributed by atoms with Crippen LogP contribution in [-0.2, 0) is 4.79 Å². The van der Waals surface area contributed by atoms with E-state index in [1.807, 2.05) is 37.3 Å². The minimum atomic E-state index is 0.0896. The van der Waals surface area contributed by atoms with Gasteiger partial charge in [-0.15, -0.1) is 11.8 Å². The number of likely N-dealkylation sites (N-methyl/N-ethyl adjacent to an activating group) is 1. The maximum atomic E-state index is 11.4. The largest absolute Gasteiger partial charge is 0.354 e. The van der Waals surface area contributed by atoms with Crippen LogP contribution in [0.3, 0.4) is 0 Å². The smallest absolute Gasteiger partial charge is 0.230 e.